The highest BCUT2D eigenvalue weighted by Crippen LogP contribution is 2.37. The fourth-order valence-electron chi connectivity index (χ4n) is 3.15. The molecule has 2 aliphatic heterocycles. The molecule has 2 aliphatic rings. The van der Waals surface area contributed by atoms with E-state index in [-0.39, 0.29) is 30.3 Å². The molecule has 7 nitrogen and oxygen atoms in total. The van der Waals surface area contributed by atoms with Gasteiger partial charge >= 0.3 is 0 Å². The Morgan fingerprint density at radius 1 is 1.27 bits per heavy atom. The third kappa shape index (κ3) is 3.25. The zero-order valence-corrected chi connectivity index (χ0v) is 14.2. The van der Waals surface area contributed by atoms with Crippen molar-refractivity contribution in [3.05, 3.63) is 48.2 Å². The second-order valence-electron chi connectivity index (χ2n) is 6.26. The number of aromatic nitrogens is 1. The number of nitrogens with zero attached hydrogens (tertiary/aromatic N) is 2. The van der Waals surface area contributed by atoms with Crippen LogP contribution in [-0.4, -0.2) is 42.6 Å². The Balaban J connectivity index is 1.57. The van der Waals surface area contributed by atoms with Crippen LogP contribution >= 0.6 is 0 Å². The molecule has 7 heteroatoms. The van der Waals surface area contributed by atoms with Crippen LogP contribution in [0.1, 0.15) is 23.2 Å². The van der Waals surface area contributed by atoms with Gasteiger partial charge < -0.3 is 14.8 Å². The Hall–Kier alpha value is -2.93. The van der Waals surface area contributed by atoms with Gasteiger partial charge in [-0.25, -0.2) is 4.98 Å². The Morgan fingerprint density at radius 2 is 2.15 bits per heavy atom. The van der Waals surface area contributed by atoms with E-state index in [4.69, 9.17) is 9.47 Å². The maximum absolute atomic E-state index is 13.0. The molecule has 1 unspecified atom stereocenters. The summed E-state index contributed by atoms with van der Waals surface area (Å²) in [5.41, 5.74) is 0.874. The molecule has 3 heterocycles. The maximum atomic E-state index is 13.0. The quantitative estimate of drug-likeness (QED) is 0.911. The lowest BCUT2D eigenvalue weighted by molar-refractivity contribution is -0.120. The minimum atomic E-state index is -0.315. The summed E-state index contributed by atoms with van der Waals surface area (Å²) < 4.78 is 11.3. The zero-order valence-electron chi connectivity index (χ0n) is 14.2. The van der Waals surface area contributed by atoms with Gasteiger partial charge in [-0.3, -0.25) is 14.5 Å². The number of carbonyl (C=O) groups excluding carboxylic acids is 2. The van der Waals surface area contributed by atoms with E-state index in [0.29, 0.717) is 23.5 Å². The first-order valence-corrected chi connectivity index (χ1v) is 8.64. The molecule has 1 saturated heterocycles. The van der Waals surface area contributed by atoms with Crippen molar-refractivity contribution in [2.45, 2.75) is 18.9 Å². The van der Waals surface area contributed by atoms with E-state index in [1.807, 2.05) is 6.07 Å². The molecular formula is C19H19N3O4. The summed E-state index contributed by atoms with van der Waals surface area (Å²) in [5, 5.41) is 2.85. The first-order chi connectivity index (χ1) is 12.7. The SMILES string of the molecule is O=C(CN1C(=O)c2cccnc2Oc2ccccc21)NCC1CCCO1. The van der Waals surface area contributed by atoms with Crippen LogP contribution in [0.4, 0.5) is 5.69 Å². The number of hydrogen-bond acceptors (Lipinski definition) is 5. The van der Waals surface area contributed by atoms with Gasteiger partial charge in [0.25, 0.3) is 5.91 Å². The average Bonchev–Trinajstić information content (AvgIpc) is 3.15. The predicted octanol–water partition coefficient (Wildman–Crippen LogP) is 2.13. The van der Waals surface area contributed by atoms with Crippen LogP contribution < -0.4 is 15.0 Å². The molecule has 2 aromatic rings. The molecule has 0 bridgehead atoms. The number of nitrogens with one attached hydrogen (secondary N) is 1. The minimum Gasteiger partial charge on any atom is -0.436 e. The van der Waals surface area contributed by atoms with Crippen molar-refractivity contribution in [2.75, 3.05) is 24.6 Å². The van der Waals surface area contributed by atoms with E-state index in [9.17, 15) is 9.59 Å². The van der Waals surface area contributed by atoms with Crippen LogP contribution in [0.25, 0.3) is 0 Å². The average molecular weight is 353 g/mol. The van der Waals surface area contributed by atoms with Gasteiger partial charge in [-0.1, -0.05) is 12.1 Å². The van der Waals surface area contributed by atoms with Crippen molar-refractivity contribution in [2.24, 2.45) is 0 Å². The molecule has 1 aromatic heterocycles. The predicted molar refractivity (Wildman–Crippen MR) is 94.4 cm³/mol. The minimum absolute atomic E-state index is 0.0549. The number of para-hydroxylation sites is 2. The standard InChI is InChI=1S/C19H19N3O4/c23-17(21-11-13-5-4-10-25-13)12-22-15-7-1-2-8-16(15)26-18-14(19(22)24)6-3-9-20-18/h1-3,6-9,13H,4-5,10-12H2,(H,21,23). The van der Waals surface area contributed by atoms with Crippen LogP contribution in [0.5, 0.6) is 11.6 Å². The molecule has 1 aromatic carbocycles. The van der Waals surface area contributed by atoms with Gasteiger partial charge in [-0.15, -0.1) is 0 Å². The molecule has 134 valence electrons. The number of pyridine rings is 1. The topological polar surface area (TPSA) is 80.8 Å². The smallest absolute Gasteiger partial charge is 0.264 e. The van der Waals surface area contributed by atoms with Crippen LogP contribution in [0.3, 0.4) is 0 Å². The first-order valence-electron chi connectivity index (χ1n) is 8.64. The number of rotatable bonds is 4. The summed E-state index contributed by atoms with van der Waals surface area (Å²) >= 11 is 0. The van der Waals surface area contributed by atoms with Gasteiger partial charge in [-0.05, 0) is 37.1 Å². The Morgan fingerprint density at radius 3 is 3.00 bits per heavy atom. The van der Waals surface area contributed by atoms with Crippen molar-refractivity contribution >= 4 is 17.5 Å². The molecule has 1 N–H and O–H groups in total. The van der Waals surface area contributed by atoms with Gasteiger partial charge in [0.05, 0.1) is 11.8 Å². The van der Waals surface area contributed by atoms with E-state index in [1.165, 1.54) is 4.90 Å². The summed E-state index contributed by atoms with van der Waals surface area (Å²) in [4.78, 5) is 31.0. The maximum Gasteiger partial charge on any atom is 0.264 e. The monoisotopic (exact) mass is 353 g/mol. The van der Waals surface area contributed by atoms with Gasteiger partial charge in [0.2, 0.25) is 11.8 Å². The molecule has 0 aliphatic carbocycles. The normalized spacial score (nSPS) is 18.5. The lowest BCUT2D eigenvalue weighted by Gasteiger charge is -2.21. The highest BCUT2D eigenvalue weighted by Gasteiger charge is 2.30. The second-order valence-corrected chi connectivity index (χ2v) is 6.26. The van der Waals surface area contributed by atoms with Crippen LogP contribution in [-0.2, 0) is 9.53 Å². The molecule has 1 fully saturated rings. The van der Waals surface area contributed by atoms with E-state index in [2.05, 4.69) is 10.3 Å². The van der Waals surface area contributed by atoms with Crippen molar-refractivity contribution in [1.29, 1.82) is 0 Å². The van der Waals surface area contributed by atoms with Crippen LogP contribution in [0.2, 0.25) is 0 Å². The number of benzene rings is 1. The lowest BCUT2D eigenvalue weighted by Crippen LogP contribution is -2.42. The van der Waals surface area contributed by atoms with Crippen molar-refractivity contribution in [1.82, 2.24) is 10.3 Å². The first kappa shape index (κ1) is 16.5. The van der Waals surface area contributed by atoms with Crippen LogP contribution in [0, 0.1) is 0 Å². The second kappa shape index (κ2) is 7.13. The summed E-state index contributed by atoms with van der Waals surface area (Å²) in [7, 11) is 0. The van der Waals surface area contributed by atoms with Gasteiger partial charge in [0.1, 0.15) is 12.1 Å². The number of amides is 2. The fourth-order valence-corrected chi connectivity index (χ4v) is 3.15. The molecular weight excluding hydrogens is 334 g/mol. The molecule has 4 rings (SSSR count). The fraction of sp³-hybridized carbons (Fsp3) is 0.316. The van der Waals surface area contributed by atoms with Crippen LogP contribution in [0.15, 0.2) is 42.6 Å². The largest absolute Gasteiger partial charge is 0.436 e. The highest BCUT2D eigenvalue weighted by molar-refractivity contribution is 6.11. The van der Waals surface area contributed by atoms with E-state index < -0.39 is 0 Å². The Labute approximate surface area is 150 Å². The van der Waals surface area contributed by atoms with Gasteiger partial charge in [-0.2, -0.15) is 0 Å². The number of carbonyl (C=O) groups is 2. The van der Waals surface area contributed by atoms with E-state index in [1.54, 1.807) is 36.5 Å². The Bertz CT molecular complexity index is 833. The zero-order chi connectivity index (χ0) is 17.9. The molecule has 0 saturated carbocycles. The van der Waals surface area contributed by atoms with Gasteiger partial charge in [0.15, 0.2) is 5.75 Å². The summed E-state index contributed by atoms with van der Waals surface area (Å²) in [5.74, 6) is 0.179. The summed E-state index contributed by atoms with van der Waals surface area (Å²) in [6.45, 7) is 1.09. The van der Waals surface area contributed by atoms with Crippen molar-refractivity contribution < 1.29 is 19.1 Å². The third-order valence-corrected chi connectivity index (χ3v) is 4.46. The number of hydrogen-bond donors (Lipinski definition) is 1. The summed E-state index contributed by atoms with van der Waals surface area (Å²) in [6, 6.07) is 10.4. The molecule has 0 radical (unpaired) electrons. The molecule has 26 heavy (non-hydrogen) atoms. The van der Waals surface area contributed by atoms with E-state index >= 15 is 0 Å². The Kier molecular flexibility index (Phi) is 4.53. The number of fused-ring (bicyclic) bond motifs is 2. The van der Waals surface area contributed by atoms with Gasteiger partial charge in [0, 0.05) is 19.3 Å². The molecule has 2 amide bonds. The van der Waals surface area contributed by atoms with Crippen molar-refractivity contribution in [3.63, 3.8) is 0 Å². The number of ether oxygens (including phenoxy) is 2. The third-order valence-electron chi connectivity index (χ3n) is 4.46. The summed E-state index contributed by atoms with van der Waals surface area (Å²) in [6.07, 6.45) is 3.58. The highest BCUT2D eigenvalue weighted by atomic mass is 16.5. The lowest BCUT2D eigenvalue weighted by atomic mass is 10.2. The number of anilines is 1. The van der Waals surface area contributed by atoms with Crippen molar-refractivity contribution in [3.8, 4) is 11.6 Å². The molecule has 1 atom stereocenters. The molecule has 0 spiro atoms. The van der Waals surface area contributed by atoms with E-state index in [0.717, 1.165) is 19.4 Å².